The maximum absolute atomic E-state index is 6.75. The molecule has 0 amide bonds. The van der Waals surface area contributed by atoms with E-state index in [2.05, 4.69) is 44.8 Å². The van der Waals surface area contributed by atoms with Crippen LogP contribution < -0.4 is 0 Å². The molecule has 0 aliphatic rings. The molecule has 1 N–H and O–H groups in total. The van der Waals surface area contributed by atoms with E-state index in [1.54, 1.807) is 6.21 Å². The summed E-state index contributed by atoms with van der Waals surface area (Å²) in [4.78, 5) is 3.79. The lowest BCUT2D eigenvalue weighted by Crippen LogP contribution is -2.09. The van der Waals surface area contributed by atoms with E-state index in [9.17, 15) is 0 Å². The van der Waals surface area contributed by atoms with Gasteiger partial charge in [-0.15, -0.1) is 0 Å². The van der Waals surface area contributed by atoms with Crippen molar-refractivity contribution in [3.05, 3.63) is 12.2 Å². The van der Waals surface area contributed by atoms with Crippen molar-refractivity contribution in [2.45, 2.75) is 27.7 Å². The first-order valence-electron chi connectivity index (χ1n) is 4.20. The van der Waals surface area contributed by atoms with E-state index in [-0.39, 0.29) is 5.41 Å². The van der Waals surface area contributed by atoms with Crippen LogP contribution in [0.25, 0.3) is 0 Å². The molecule has 2 heteroatoms. The van der Waals surface area contributed by atoms with Crippen molar-refractivity contribution in [1.82, 2.24) is 0 Å². The molecule has 0 aromatic heterocycles. The predicted octanol–water partition coefficient (Wildman–Crippen LogP) is 2.90. The van der Waals surface area contributed by atoms with Crippen LogP contribution >= 0.6 is 0 Å². The van der Waals surface area contributed by atoms with Gasteiger partial charge < -0.3 is 0 Å². The Balaban J connectivity index is 4.21. The normalized spacial score (nSPS) is 13.4. The lowest BCUT2D eigenvalue weighted by Gasteiger charge is -2.13. The summed E-state index contributed by atoms with van der Waals surface area (Å²) < 4.78 is 0. The van der Waals surface area contributed by atoms with Gasteiger partial charge in [-0.3, -0.25) is 5.41 Å². The van der Waals surface area contributed by atoms with Crippen molar-refractivity contribution < 1.29 is 0 Å². The van der Waals surface area contributed by atoms with Crippen molar-refractivity contribution in [3.8, 4) is 0 Å². The fourth-order valence-electron chi connectivity index (χ4n) is 0.713. The molecule has 0 unspecified atom stereocenters. The number of rotatable bonds is 4. The zero-order valence-electron chi connectivity index (χ0n) is 8.33. The summed E-state index contributed by atoms with van der Waals surface area (Å²) >= 11 is 0. The second kappa shape index (κ2) is 4.86. The Morgan fingerprint density at radius 2 is 1.92 bits per heavy atom. The fraction of sp³-hybridized carbons (Fsp3) is 0.600. The Morgan fingerprint density at radius 1 is 1.33 bits per heavy atom. The molecule has 68 valence electrons. The van der Waals surface area contributed by atoms with Crippen molar-refractivity contribution in [2.24, 2.45) is 16.3 Å². The lowest BCUT2D eigenvalue weighted by molar-refractivity contribution is 0.680. The molecule has 0 saturated carbocycles. The van der Waals surface area contributed by atoms with Gasteiger partial charge in [0.2, 0.25) is 0 Å². The molecule has 0 radical (unpaired) electrons. The molecule has 0 aromatic carbocycles. The van der Waals surface area contributed by atoms with E-state index in [4.69, 9.17) is 5.41 Å². The van der Waals surface area contributed by atoms with Crippen LogP contribution in [-0.4, -0.2) is 12.6 Å². The molecule has 0 heterocycles. The summed E-state index contributed by atoms with van der Waals surface area (Å²) in [6, 6.07) is 0. The van der Waals surface area contributed by atoms with Gasteiger partial charge in [0.15, 0.2) is 0 Å². The van der Waals surface area contributed by atoms with Crippen LogP contribution in [0.4, 0.5) is 0 Å². The van der Waals surface area contributed by atoms with Gasteiger partial charge in [0, 0.05) is 11.6 Å². The minimum Gasteiger partial charge on any atom is -0.290 e. The van der Waals surface area contributed by atoms with Gasteiger partial charge in [0.05, 0.1) is 0 Å². The zero-order chi connectivity index (χ0) is 9.61. The molecule has 0 saturated heterocycles. The smallest absolute Gasteiger partial charge is 0.106 e. The molecule has 0 aromatic rings. The molecular formula is C10H18N2. The molecule has 12 heavy (non-hydrogen) atoms. The number of nitrogens with one attached hydrogen (secondary N) is 1. The SMILES string of the molecule is CC(C)/C=C\C(C)(C)C=NC=N. The van der Waals surface area contributed by atoms with Crippen molar-refractivity contribution in [3.63, 3.8) is 0 Å². The fourth-order valence-corrected chi connectivity index (χ4v) is 0.713. The van der Waals surface area contributed by atoms with E-state index in [0.29, 0.717) is 5.92 Å². The number of nitrogens with zero attached hydrogens (tertiary/aromatic N) is 1. The van der Waals surface area contributed by atoms with Crippen molar-refractivity contribution >= 4 is 12.6 Å². The summed E-state index contributed by atoms with van der Waals surface area (Å²) in [5.74, 6) is 0.567. The molecule has 0 spiro atoms. The van der Waals surface area contributed by atoms with Crippen LogP contribution in [0.1, 0.15) is 27.7 Å². The molecule has 0 aliphatic carbocycles. The Labute approximate surface area is 74.9 Å². The standard InChI is InChI=1S/C10H18N2/c1-9(2)5-6-10(3,4)7-12-8-11/h5-9,11H,1-4H3/b6-5-,11-8?,12-7?. The Morgan fingerprint density at radius 3 is 2.33 bits per heavy atom. The van der Waals surface area contributed by atoms with Gasteiger partial charge >= 0.3 is 0 Å². The second-order valence-electron chi connectivity index (χ2n) is 3.83. The topological polar surface area (TPSA) is 36.2 Å². The maximum atomic E-state index is 6.75. The highest BCUT2D eigenvalue weighted by Gasteiger charge is 2.08. The average molecular weight is 166 g/mol. The number of allylic oxidation sites excluding steroid dienone is 2. The molecule has 0 rings (SSSR count). The average Bonchev–Trinajstić information content (AvgIpc) is 1.98. The van der Waals surface area contributed by atoms with Crippen LogP contribution in [0.15, 0.2) is 17.1 Å². The van der Waals surface area contributed by atoms with Gasteiger partial charge in [-0.2, -0.15) is 0 Å². The van der Waals surface area contributed by atoms with Gasteiger partial charge in [-0.05, 0) is 5.92 Å². The minimum atomic E-state index is -0.0399. The Hall–Kier alpha value is -0.920. The Kier molecular flexibility index (Phi) is 4.49. The van der Waals surface area contributed by atoms with E-state index in [1.165, 1.54) is 0 Å². The highest BCUT2D eigenvalue weighted by atomic mass is 14.7. The summed E-state index contributed by atoms with van der Waals surface area (Å²) in [5, 5.41) is 6.75. The van der Waals surface area contributed by atoms with Crippen LogP contribution in [0, 0.1) is 16.7 Å². The third-order valence-electron chi connectivity index (χ3n) is 1.39. The van der Waals surface area contributed by atoms with E-state index in [1.807, 2.05) is 0 Å². The first-order chi connectivity index (χ1) is 5.48. The molecular weight excluding hydrogens is 148 g/mol. The molecule has 0 atom stereocenters. The lowest BCUT2D eigenvalue weighted by atomic mass is 9.93. The highest BCUT2D eigenvalue weighted by molar-refractivity contribution is 5.76. The predicted molar refractivity (Wildman–Crippen MR) is 55.0 cm³/mol. The van der Waals surface area contributed by atoms with Crippen LogP contribution in [0.2, 0.25) is 0 Å². The quantitative estimate of drug-likeness (QED) is 0.379. The van der Waals surface area contributed by atoms with E-state index >= 15 is 0 Å². The first kappa shape index (κ1) is 11.1. The summed E-state index contributed by atoms with van der Waals surface area (Å²) in [5.41, 5.74) is -0.0399. The second-order valence-corrected chi connectivity index (χ2v) is 3.83. The van der Waals surface area contributed by atoms with Crippen LogP contribution in [0.5, 0.6) is 0 Å². The zero-order valence-corrected chi connectivity index (χ0v) is 8.33. The number of hydrogen-bond donors (Lipinski definition) is 1. The molecule has 0 fully saturated rings. The third-order valence-corrected chi connectivity index (χ3v) is 1.39. The first-order valence-corrected chi connectivity index (χ1v) is 4.20. The molecule has 0 bridgehead atoms. The summed E-state index contributed by atoms with van der Waals surface area (Å²) in [6.07, 6.45) is 7.10. The van der Waals surface area contributed by atoms with Gasteiger partial charge in [-0.25, -0.2) is 4.99 Å². The largest absolute Gasteiger partial charge is 0.290 e. The number of hydrogen-bond acceptors (Lipinski definition) is 1. The summed E-state index contributed by atoms with van der Waals surface area (Å²) in [6.45, 7) is 8.42. The summed E-state index contributed by atoms with van der Waals surface area (Å²) in [7, 11) is 0. The highest BCUT2D eigenvalue weighted by Crippen LogP contribution is 2.14. The maximum Gasteiger partial charge on any atom is 0.106 e. The van der Waals surface area contributed by atoms with E-state index < -0.39 is 0 Å². The van der Waals surface area contributed by atoms with Crippen molar-refractivity contribution in [2.75, 3.05) is 0 Å². The van der Waals surface area contributed by atoms with Gasteiger partial charge in [0.1, 0.15) is 6.34 Å². The number of aliphatic imine (C=N–C) groups is 1. The molecule has 0 aliphatic heterocycles. The van der Waals surface area contributed by atoms with Gasteiger partial charge in [-0.1, -0.05) is 39.8 Å². The van der Waals surface area contributed by atoms with Crippen LogP contribution in [0.3, 0.4) is 0 Å². The molecule has 2 nitrogen and oxygen atoms in total. The third kappa shape index (κ3) is 5.83. The minimum absolute atomic E-state index is 0.0399. The van der Waals surface area contributed by atoms with Crippen LogP contribution in [-0.2, 0) is 0 Å². The Bertz CT molecular complexity index is 188. The van der Waals surface area contributed by atoms with Crippen molar-refractivity contribution in [1.29, 1.82) is 5.41 Å². The monoisotopic (exact) mass is 166 g/mol. The van der Waals surface area contributed by atoms with E-state index in [0.717, 1.165) is 6.34 Å². The van der Waals surface area contributed by atoms with Gasteiger partial charge in [0.25, 0.3) is 0 Å².